The Bertz CT molecular complexity index is 3870. The van der Waals surface area contributed by atoms with E-state index >= 15 is 0 Å². The molecule has 1 heterocycles. The molecule has 1 aromatic heterocycles. The molecule has 0 atom stereocenters. The predicted octanol–water partition coefficient (Wildman–Crippen LogP) is 17.6. The largest absolute Gasteiger partial charge is 0.134 e. The van der Waals surface area contributed by atoms with Gasteiger partial charge in [0.15, 0.2) is 0 Å². The van der Waals surface area contributed by atoms with E-state index in [4.69, 9.17) is 0 Å². The molecule has 0 nitrogen and oxygen atoms in total. The van der Waals surface area contributed by atoms with Crippen LogP contribution in [-0.4, -0.2) is 0 Å². The molecular weight excluding hydrogens is 753 g/mol. The Kier molecular flexibility index (Phi) is 7.58. The number of benzene rings is 12. The third-order valence-electron chi connectivity index (χ3n) is 13.0. The molecule has 12 aromatic carbocycles. The molecule has 1 heteroatoms. The van der Waals surface area contributed by atoms with Crippen molar-refractivity contribution in [3.05, 3.63) is 218 Å². The standard InChI is InChI=1S/C60H36S/c1-2-15-37(16-3-1)44-32-42-19-6-7-22-45(42)53(35-44)58-51-27-12-10-25-49(51)57(50-26-11-13-28-52(50)58)43-21-14-20-38(31-43)41-29-30-47-46-23-8-9-24-48(46)59-55-34-39-17-4-5-18-40(39)36-56(55)61-60(59)54(47)33-41/h1-36H. The lowest BCUT2D eigenvalue weighted by atomic mass is 9.83. The molecule has 0 aliphatic heterocycles. The summed E-state index contributed by atoms with van der Waals surface area (Å²) in [6.07, 6.45) is 0. The van der Waals surface area contributed by atoms with Crippen molar-refractivity contribution in [1.29, 1.82) is 0 Å². The monoisotopic (exact) mass is 788 g/mol. The molecule has 0 radical (unpaired) electrons. The fourth-order valence-electron chi connectivity index (χ4n) is 10.2. The van der Waals surface area contributed by atoms with Gasteiger partial charge in [0.25, 0.3) is 0 Å². The summed E-state index contributed by atoms with van der Waals surface area (Å²) in [6, 6.07) is 81.3. The van der Waals surface area contributed by atoms with Crippen molar-refractivity contribution < 1.29 is 0 Å². The van der Waals surface area contributed by atoms with E-state index in [9.17, 15) is 0 Å². The van der Waals surface area contributed by atoms with Crippen LogP contribution >= 0.6 is 11.3 Å². The third-order valence-corrected chi connectivity index (χ3v) is 14.1. The van der Waals surface area contributed by atoms with E-state index in [0.717, 1.165) is 0 Å². The average Bonchev–Trinajstić information content (AvgIpc) is 3.71. The van der Waals surface area contributed by atoms with Gasteiger partial charge in [0.1, 0.15) is 0 Å². The van der Waals surface area contributed by atoms with Crippen LogP contribution in [0, 0.1) is 0 Å². The Morgan fingerprint density at radius 3 is 1.52 bits per heavy atom. The lowest BCUT2D eigenvalue weighted by Gasteiger charge is -2.20. The van der Waals surface area contributed by atoms with Crippen molar-refractivity contribution in [1.82, 2.24) is 0 Å². The smallest absolute Gasteiger partial charge is 0.0440 e. The van der Waals surface area contributed by atoms with Crippen LogP contribution < -0.4 is 0 Å². The number of thiophene rings is 1. The second kappa shape index (κ2) is 13.5. The van der Waals surface area contributed by atoms with Crippen LogP contribution in [0.25, 0.3) is 129 Å². The number of hydrogen-bond donors (Lipinski definition) is 0. The van der Waals surface area contributed by atoms with Gasteiger partial charge in [-0.15, -0.1) is 11.3 Å². The van der Waals surface area contributed by atoms with E-state index in [1.165, 1.54) is 129 Å². The minimum atomic E-state index is 1.21. The maximum atomic E-state index is 2.45. The van der Waals surface area contributed by atoms with E-state index in [1.54, 1.807) is 0 Å². The summed E-state index contributed by atoms with van der Waals surface area (Å²) in [4.78, 5) is 0. The molecule has 0 N–H and O–H groups in total. The highest BCUT2D eigenvalue weighted by Crippen LogP contribution is 2.48. The Morgan fingerprint density at radius 2 is 0.787 bits per heavy atom. The fourth-order valence-corrected chi connectivity index (χ4v) is 11.5. The Balaban J connectivity index is 1.04. The second-order valence-corrected chi connectivity index (χ2v) is 17.4. The van der Waals surface area contributed by atoms with Gasteiger partial charge in [0, 0.05) is 25.6 Å². The first kappa shape index (κ1) is 34.3. The highest BCUT2D eigenvalue weighted by atomic mass is 32.1. The van der Waals surface area contributed by atoms with Gasteiger partial charge in [0.05, 0.1) is 0 Å². The SMILES string of the molecule is c1ccc(-c2cc(-c3c4ccccc4c(-c4cccc(-c5ccc6c7ccccc7c7c8cc9ccccc9cc8sc7c6c5)c4)c4ccccc34)c3ccccc3c2)cc1. The van der Waals surface area contributed by atoms with Crippen molar-refractivity contribution in [3.8, 4) is 44.5 Å². The van der Waals surface area contributed by atoms with Gasteiger partial charge in [-0.1, -0.05) is 182 Å². The zero-order valence-electron chi connectivity index (χ0n) is 33.2. The minimum absolute atomic E-state index is 1.21. The van der Waals surface area contributed by atoms with Crippen LogP contribution in [0.1, 0.15) is 0 Å². The molecule has 0 aliphatic carbocycles. The number of hydrogen-bond acceptors (Lipinski definition) is 1. The van der Waals surface area contributed by atoms with Gasteiger partial charge >= 0.3 is 0 Å². The van der Waals surface area contributed by atoms with E-state index in [-0.39, 0.29) is 0 Å². The van der Waals surface area contributed by atoms with Crippen molar-refractivity contribution in [2.75, 3.05) is 0 Å². The molecule has 61 heavy (non-hydrogen) atoms. The molecule has 0 unspecified atom stereocenters. The molecular formula is C60H36S. The topological polar surface area (TPSA) is 0 Å². The number of rotatable bonds is 4. The molecule has 0 saturated heterocycles. The van der Waals surface area contributed by atoms with E-state index in [2.05, 4.69) is 218 Å². The van der Waals surface area contributed by atoms with Crippen LogP contribution in [0.2, 0.25) is 0 Å². The zero-order chi connectivity index (χ0) is 40.0. The lowest BCUT2D eigenvalue weighted by molar-refractivity contribution is 1.63. The highest BCUT2D eigenvalue weighted by molar-refractivity contribution is 7.27. The maximum absolute atomic E-state index is 2.45. The quantitative estimate of drug-likeness (QED) is 0.123. The second-order valence-electron chi connectivity index (χ2n) is 16.3. The molecule has 0 amide bonds. The Morgan fingerprint density at radius 1 is 0.246 bits per heavy atom. The summed E-state index contributed by atoms with van der Waals surface area (Å²) < 4.78 is 2.69. The van der Waals surface area contributed by atoms with Crippen LogP contribution in [0.5, 0.6) is 0 Å². The summed E-state index contributed by atoms with van der Waals surface area (Å²) in [5, 5.41) is 18.0. The first-order valence-corrected chi connectivity index (χ1v) is 21.9. The van der Waals surface area contributed by atoms with E-state index in [0.29, 0.717) is 0 Å². The maximum Gasteiger partial charge on any atom is 0.0440 e. The van der Waals surface area contributed by atoms with E-state index in [1.807, 2.05) is 11.3 Å². The Hall–Kier alpha value is -7.58. The Labute approximate surface area is 357 Å². The summed E-state index contributed by atoms with van der Waals surface area (Å²) >= 11 is 1.93. The molecule has 13 aromatic rings. The molecule has 282 valence electrons. The first-order chi connectivity index (χ1) is 30.2. The molecule has 0 fully saturated rings. The average molecular weight is 789 g/mol. The zero-order valence-corrected chi connectivity index (χ0v) is 34.0. The van der Waals surface area contributed by atoms with Crippen LogP contribution in [0.15, 0.2) is 218 Å². The summed E-state index contributed by atoms with van der Waals surface area (Å²) in [7, 11) is 0. The normalized spacial score (nSPS) is 11.9. The molecule has 0 saturated carbocycles. The molecule has 13 rings (SSSR count). The van der Waals surface area contributed by atoms with Gasteiger partial charge in [-0.25, -0.2) is 0 Å². The fraction of sp³-hybridized carbons (Fsp3) is 0. The molecule has 0 bridgehead atoms. The van der Waals surface area contributed by atoms with Crippen molar-refractivity contribution in [2.45, 2.75) is 0 Å². The lowest BCUT2D eigenvalue weighted by Crippen LogP contribution is -1.93. The van der Waals surface area contributed by atoms with Crippen molar-refractivity contribution in [3.63, 3.8) is 0 Å². The summed E-state index contributed by atoms with van der Waals surface area (Å²) in [5.74, 6) is 0. The minimum Gasteiger partial charge on any atom is -0.134 e. The predicted molar refractivity (Wildman–Crippen MR) is 266 cm³/mol. The van der Waals surface area contributed by atoms with Crippen molar-refractivity contribution in [2.24, 2.45) is 0 Å². The van der Waals surface area contributed by atoms with Gasteiger partial charge in [0.2, 0.25) is 0 Å². The summed E-state index contributed by atoms with van der Waals surface area (Å²) in [6.45, 7) is 0. The van der Waals surface area contributed by atoms with Gasteiger partial charge in [-0.2, -0.15) is 0 Å². The third kappa shape index (κ3) is 5.31. The van der Waals surface area contributed by atoms with Gasteiger partial charge in [-0.05, 0) is 140 Å². The van der Waals surface area contributed by atoms with Crippen LogP contribution in [0.3, 0.4) is 0 Å². The van der Waals surface area contributed by atoms with Crippen LogP contribution in [-0.2, 0) is 0 Å². The molecule has 0 spiro atoms. The van der Waals surface area contributed by atoms with Gasteiger partial charge in [-0.3, -0.25) is 0 Å². The number of fused-ring (bicyclic) bond motifs is 12. The summed E-state index contributed by atoms with van der Waals surface area (Å²) in [5.41, 5.74) is 9.91. The first-order valence-electron chi connectivity index (χ1n) is 21.1. The molecule has 0 aliphatic rings. The van der Waals surface area contributed by atoms with Crippen LogP contribution in [0.4, 0.5) is 0 Å². The van der Waals surface area contributed by atoms with Gasteiger partial charge < -0.3 is 0 Å². The highest BCUT2D eigenvalue weighted by Gasteiger charge is 2.20. The van der Waals surface area contributed by atoms with E-state index < -0.39 is 0 Å². The van der Waals surface area contributed by atoms with Crippen molar-refractivity contribution >= 4 is 96.1 Å².